The number of pyridine rings is 1. The SMILES string of the molecule is C=Cc1nn(C2CCCCO2)c2c(C)nc(-c3c(COC)[nH]n(C)c3=O)cc12. The highest BCUT2D eigenvalue weighted by molar-refractivity contribution is 5.91. The van der Waals surface area contributed by atoms with Gasteiger partial charge in [0.15, 0.2) is 6.23 Å². The molecule has 0 aromatic carbocycles. The van der Waals surface area contributed by atoms with Crippen LogP contribution in [0.15, 0.2) is 17.4 Å². The van der Waals surface area contributed by atoms with E-state index in [1.807, 2.05) is 17.7 Å². The van der Waals surface area contributed by atoms with Crippen molar-refractivity contribution in [3.05, 3.63) is 40.1 Å². The lowest BCUT2D eigenvalue weighted by molar-refractivity contribution is -0.0368. The molecule has 1 fully saturated rings. The number of rotatable bonds is 5. The van der Waals surface area contributed by atoms with E-state index in [1.165, 1.54) is 4.68 Å². The first-order valence-corrected chi connectivity index (χ1v) is 9.46. The lowest BCUT2D eigenvalue weighted by Crippen LogP contribution is -2.19. The Morgan fingerprint density at radius 3 is 2.96 bits per heavy atom. The van der Waals surface area contributed by atoms with Gasteiger partial charge in [-0.1, -0.05) is 6.58 Å². The van der Waals surface area contributed by atoms with Crippen LogP contribution in [0, 0.1) is 6.92 Å². The Hall–Kier alpha value is -2.71. The van der Waals surface area contributed by atoms with Crippen LogP contribution in [-0.2, 0) is 23.1 Å². The minimum absolute atomic E-state index is 0.0968. The number of hydrogen-bond acceptors (Lipinski definition) is 5. The number of H-pyrrole nitrogens is 1. The van der Waals surface area contributed by atoms with Gasteiger partial charge in [0.05, 0.1) is 40.5 Å². The molecule has 0 radical (unpaired) electrons. The maximum absolute atomic E-state index is 12.7. The summed E-state index contributed by atoms with van der Waals surface area (Å²) in [6.45, 7) is 6.88. The number of ether oxygens (including phenoxy) is 2. The maximum atomic E-state index is 12.7. The van der Waals surface area contributed by atoms with Crippen LogP contribution in [0.25, 0.3) is 28.2 Å². The molecular formula is C20H25N5O3. The van der Waals surface area contributed by atoms with E-state index >= 15 is 0 Å². The highest BCUT2D eigenvalue weighted by atomic mass is 16.5. The predicted octanol–water partition coefficient (Wildman–Crippen LogP) is 2.92. The number of nitrogens with one attached hydrogen (secondary N) is 1. The third-order valence-corrected chi connectivity index (χ3v) is 5.18. The molecule has 0 amide bonds. The number of aromatic nitrogens is 5. The van der Waals surface area contributed by atoms with E-state index in [9.17, 15) is 4.79 Å². The van der Waals surface area contributed by atoms with E-state index in [2.05, 4.69) is 11.7 Å². The molecule has 0 spiro atoms. The summed E-state index contributed by atoms with van der Waals surface area (Å²) in [5.74, 6) is 0. The first-order chi connectivity index (χ1) is 13.5. The van der Waals surface area contributed by atoms with Gasteiger partial charge in [-0.05, 0) is 38.3 Å². The summed E-state index contributed by atoms with van der Waals surface area (Å²) in [6.07, 6.45) is 4.74. The first-order valence-electron chi connectivity index (χ1n) is 9.46. The van der Waals surface area contributed by atoms with Gasteiger partial charge < -0.3 is 9.47 Å². The second-order valence-corrected chi connectivity index (χ2v) is 7.11. The van der Waals surface area contributed by atoms with Crippen LogP contribution in [0.2, 0.25) is 0 Å². The number of methoxy groups -OCH3 is 1. The quantitative estimate of drug-likeness (QED) is 0.732. The van der Waals surface area contributed by atoms with E-state index in [4.69, 9.17) is 19.6 Å². The molecule has 1 atom stereocenters. The second-order valence-electron chi connectivity index (χ2n) is 7.11. The lowest BCUT2D eigenvalue weighted by Gasteiger charge is -2.23. The smallest absolute Gasteiger partial charge is 0.276 e. The summed E-state index contributed by atoms with van der Waals surface area (Å²) in [5.41, 5.74) is 4.17. The zero-order valence-electron chi connectivity index (χ0n) is 16.5. The summed E-state index contributed by atoms with van der Waals surface area (Å²) in [4.78, 5) is 17.4. The van der Waals surface area contributed by atoms with Crippen molar-refractivity contribution >= 4 is 17.0 Å². The van der Waals surface area contributed by atoms with Crippen LogP contribution < -0.4 is 5.56 Å². The molecule has 3 aromatic rings. The van der Waals surface area contributed by atoms with Crippen LogP contribution in [0.1, 0.15) is 42.6 Å². The van der Waals surface area contributed by atoms with Gasteiger partial charge in [-0.25, -0.2) is 4.68 Å². The molecule has 0 bridgehead atoms. The minimum atomic E-state index is -0.138. The lowest BCUT2D eigenvalue weighted by atomic mass is 10.1. The van der Waals surface area contributed by atoms with Crippen LogP contribution in [0.3, 0.4) is 0 Å². The second kappa shape index (κ2) is 7.37. The number of aryl methyl sites for hydroxylation is 2. The molecule has 0 aliphatic carbocycles. The molecule has 8 nitrogen and oxygen atoms in total. The fourth-order valence-electron chi connectivity index (χ4n) is 3.89. The van der Waals surface area contributed by atoms with Crippen molar-refractivity contribution in [2.45, 2.75) is 39.0 Å². The van der Waals surface area contributed by atoms with Crippen LogP contribution >= 0.6 is 0 Å². The molecule has 3 aromatic heterocycles. The standard InChI is InChI=1S/C20H25N5O3/c1-5-14-13-10-15(18-16(11-27-4)22-24(3)20(18)26)21-12(2)19(13)25(23-14)17-8-6-7-9-28-17/h5,10,17,22H,1,6-9,11H2,2-4H3. The van der Waals surface area contributed by atoms with Crippen molar-refractivity contribution in [1.82, 2.24) is 24.5 Å². The molecule has 4 heterocycles. The molecule has 1 N–H and O–H groups in total. The average molecular weight is 383 g/mol. The Bertz CT molecular complexity index is 1090. The number of nitrogens with zero attached hydrogens (tertiary/aromatic N) is 4. The van der Waals surface area contributed by atoms with Crippen molar-refractivity contribution in [3.8, 4) is 11.3 Å². The number of fused-ring (bicyclic) bond motifs is 1. The molecule has 4 rings (SSSR count). The molecule has 28 heavy (non-hydrogen) atoms. The summed E-state index contributed by atoms with van der Waals surface area (Å²) >= 11 is 0. The van der Waals surface area contributed by atoms with Gasteiger partial charge in [0.25, 0.3) is 5.56 Å². The van der Waals surface area contributed by atoms with Gasteiger partial charge in [-0.15, -0.1) is 0 Å². The molecule has 8 heteroatoms. The normalized spacial score (nSPS) is 17.3. The molecule has 148 valence electrons. The zero-order chi connectivity index (χ0) is 19.8. The van der Waals surface area contributed by atoms with Gasteiger partial charge >= 0.3 is 0 Å². The van der Waals surface area contributed by atoms with E-state index in [-0.39, 0.29) is 11.8 Å². The molecule has 1 unspecified atom stereocenters. The Morgan fingerprint density at radius 1 is 1.46 bits per heavy atom. The monoisotopic (exact) mass is 383 g/mol. The fourth-order valence-corrected chi connectivity index (χ4v) is 3.89. The molecule has 0 saturated carbocycles. The molecule has 1 saturated heterocycles. The number of hydrogen-bond donors (Lipinski definition) is 1. The van der Waals surface area contributed by atoms with E-state index < -0.39 is 0 Å². The fraction of sp³-hybridized carbons (Fsp3) is 0.450. The topological polar surface area (TPSA) is 87.0 Å². The first kappa shape index (κ1) is 18.6. The Balaban J connectivity index is 1.92. The highest BCUT2D eigenvalue weighted by Crippen LogP contribution is 2.32. The van der Waals surface area contributed by atoms with Crippen molar-refractivity contribution in [2.24, 2.45) is 7.05 Å². The predicted molar refractivity (Wildman–Crippen MR) is 107 cm³/mol. The van der Waals surface area contributed by atoms with Crippen LogP contribution in [0.4, 0.5) is 0 Å². The summed E-state index contributed by atoms with van der Waals surface area (Å²) < 4.78 is 14.5. The summed E-state index contributed by atoms with van der Waals surface area (Å²) in [6, 6.07) is 1.91. The largest absolute Gasteiger partial charge is 0.378 e. The highest BCUT2D eigenvalue weighted by Gasteiger charge is 2.24. The molecular weight excluding hydrogens is 358 g/mol. The Labute approximate surface area is 162 Å². The van der Waals surface area contributed by atoms with Crippen molar-refractivity contribution in [1.29, 1.82) is 0 Å². The third-order valence-electron chi connectivity index (χ3n) is 5.18. The van der Waals surface area contributed by atoms with Gasteiger partial charge in [0.2, 0.25) is 0 Å². The Kier molecular flexibility index (Phi) is 4.91. The summed E-state index contributed by atoms with van der Waals surface area (Å²) in [7, 11) is 3.28. The van der Waals surface area contributed by atoms with Crippen molar-refractivity contribution in [3.63, 3.8) is 0 Å². The van der Waals surface area contributed by atoms with Gasteiger partial charge in [0.1, 0.15) is 0 Å². The number of aromatic amines is 1. The van der Waals surface area contributed by atoms with Gasteiger partial charge in [-0.2, -0.15) is 5.10 Å². The summed E-state index contributed by atoms with van der Waals surface area (Å²) in [5, 5.41) is 8.69. The molecule has 1 aliphatic heterocycles. The molecule has 1 aliphatic rings. The van der Waals surface area contributed by atoms with E-state index in [0.29, 0.717) is 23.6 Å². The van der Waals surface area contributed by atoms with E-state index in [0.717, 1.165) is 48.2 Å². The Morgan fingerprint density at radius 2 is 2.29 bits per heavy atom. The van der Waals surface area contributed by atoms with Crippen molar-refractivity contribution in [2.75, 3.05) is 13.7 Å². The maximum Gasteiger partial charge on any atom is 0.276 e. The van der Waals surface area contributed by atoms with Gasteiger partial charge in [-0.3, -0.25) is 19.6 Å². The van der Waals surface area contributed by atoms with Gasteiger partial charge in [0, 0.05) is 26.2 Å². The van der Waals surface area contributed by atoms with Crippen LogP contribution in [0.5, 0.6) is 0 Å². The third kappa shape index (κ3) is 2.98. The van der Waals surface area contributed by atoms with E-state index in [1.54, 1.807) is 20.2 Å². The van der Waals surface area contributed by atoms with Crippen molar-refractivity contribution < 1.29 is 9.47 Å². The average Bonchev–Trinajstić information content (AvgIpc) is 3.20. The zero-order valence-corrected chi connectivity index (χ0v) is 16.5. The van der Waals surface area contributed by atoms with Crippen LogP contribution in [-0.4, -0.2) is 38.3 Å². The minimum Gasteiger partial charge on any atom is -0.378 e.